The van der Waals surface area contributed by atoms with Gasteiger partial charge < -0.3 is 14.5 Å². The number of aromatic amines is 1. The van der Waals surface area contributed by atoms with Crippen LogP contribution >= 0.6 is 27.5 Å². The molecular weight excluding hydrogens is 525 g/mol. The molecule has 1 aromatic carbocycles. The predicted octanol–water partition coefficient (Wildman–Crippen LogP) is 6.56. The molecule has 0 fully saturated rings. The van der Waals surface area contributed by atoms with Gasteiger partial charge in [0.25, 0.3) is 0 Å². The van der Waals surface area contributed by atoms with E-state index in [9.17, 15) is 13.2 Å². The third-order valence-corrected chi connectivity index (χ3v) is 5.41. The van der Waals surface area contributed by atoms with E-state index in [4.69, 9.17) is 21.1 Å². The number of ether oxygens (including phenoxy) is 2. The highest BCUT2D eigenvalue weighted by molar-refractivity contribution is 9.10. The lowest BCUT2D eigenvalue weighted by Crippen LogP contribution is -2.08. The zero-order valence-electron chi connectivity index (χ0n) is 17.0. The predicted molar refractivity (Wildman–Crippen MR) is 120 cm³/mol. The minimum absolute atomic E-state index is 0.0491. The summed E-state index contributed by atoms with van der Waals surface area (Å²) in [5.41, 5.74) is 1.64. The number of rotatable bonds is 6. The van der Waals surface area contributed by atoms with Crippen LogP contribution in [-0.2, 0) is 12.8 Å². The van der Waals surface area contributed by atoms with Crippen LogP contribution in [0.2, 0.25) is 5.15 Å². The molecule has 33 heavy (non-hydrogen) atoms. The van der Waals surface area contributed by atoms with Crippen molar-refractivity contribution >= 4 is 27.5 Å². The van der Waals surface area contributed by atoms with Gasteiger partial charge in [-0.1, -0.05) is 17.7 Å². The highest BCUT2D eigenvalue weighted by Crippen LogP contribution is 2.37. The van der Waals surface area contributed by atoms with Gasteiger partial charge in [-0.05, 0) is 46.3 Å². The first-order valence-electron chi connectivity index (χ1n) is 9.45. The molecule has 0 aliphatic carbocycles. The van der Waals surface area contributed by atoms with Gasteiger partial charge in [0.2, 0.25) is 0 Å². The van der Waals surface area contributed by atoms with Crippen LogP contribution in [0.15, 0.2) is 59.5 Å². The number of H-pyrrole nitrogens is 1. The fourth-order valence-corrected chi connectivity index (χ4v) is 3.59. The normalized spacial score (nSPS) is 11.5. The molecule has 4 aromatic rings. The monoisotopic (exact) mass is 538 g/mol. The summed E-state index contributed by atoms with van der Waals surface area (Å²) in [5, 5.41) is 0.383. The molecule has 0 spiro atoms. The van der Waals surface area contributed by atoms with Gasteiger partial charge in [0, 0.05) is 35.2 Å². The van der Waals surface area contributed by atoms with Gasteiger partial charge in [0.15, 0.2) is 0 Å². The average molecular weight is 540 g/mol. The maximum atomic E-state index is 12.6. The number of pyridine rings is 2. The van der Waals surface area contributed by atoms with Crippen molar-refractivity contribution < 1.29 is 22.6 Å². The standard InChI is InChI=1S/C22H15BrClF3N4O2/c1-32-16-8-14(33-11-12-2-6-17(28-9-12)22(25,26)27)4-5-15(16)19-20(23)31-21(30-19)13-3-7-18(24)29-10-13/h2-10H,11H2,1H3,(H,30,31). The second-order valence-corrected chi connectivity index (χ2v) is 8.00. The molecule has 11 heteroatoms. The van der Waals surface area contributed by atoms with Crippen molar-refractivity contribution in [2.45, 2.75) is 12.8 Å². The van der Waals surface area contributed by atoms with Crippen LogP contribution in [0.1, 0.15) is 11.3 Å². The molecule has 0 saturated carbocycles. The number of nitrogens with one attached hydrogen (secondary N) is 1. The SMILES string of the molecule is COc1cc(OCc2ccc(C(F)(F)F)nc2)ccc1-c1nc(-c2ccc(Cl)nc2)[nH]c1Br. The third kappa shape index (κ3) is 5.28. The Kier molecular flexibility index (Phi) is 6.57. The maximum absolute atomic E-state index is 12.6. The lowest BCUT2D eigenvalue weighted by Gasteiger charge is -2.11. The molecule has 0 aliphatic heterocycles. The second kappa shape index (κ2) is 9.40. The van der Waals surface area contributed by atoms with Crippen LogP contribution in [0.25, 0.3) is 22.6 Å². The van der Waals surface area contributed by atoms with Crippen molar-refractivity contribution in [2.24, 2.45) is 0 Å². The van der Waals surface area contributed by atoms with Crippen molar-refractivity contribution in [3.8, 4) is 34.1 Å². The minimum atomic E-state index is -4.48. The van der Waals surface area contributed by atoms with Gasteiger partial charge in [-0.3, -0.25) is 4.98 Å². The van der Waals surface area contributed by atoms with E-state index in [1.807, 2.05) is 0 Å². The average Bonchev–Trinajstić information content (AvgIpc) is 3.19. The molecule has 0 saturated heterocycles. The Morgan fingerprint density at radius 3 is 2.52 bits per heavy atom. The Labute approximate surface area is 199 Å². The van der Waals surface area contributed by atoms with Gasteiger partial charge in [-0.2, -0.15) is 13.2 Å². The highest BCUT2D eigenvalue weighted by atomic mass is 79.9. The minimum Gasteiger partial charge on any atom is -0.496 e. The molecule has 0 unspecified atom stereocenters. The number of halogens is 5. The molecule has 0 radical (unpaired) electrons. The van der Waals surface area contributed by atoms with Crippen molar-refractivity contribution in [3.05, 3.63) is 75.9 Å². The molecule has 4 rings (SSSR count). The molecular formula is C22H15BrClF3N4O2. The number of alkyl halides is 3. The Hall–Kier alpha value is -3.11. The van der Waals surface area contributed by atoms with E-state index in [-0.39, 0.29) is 6.61 Å². The van der Waals surface area contributed by atoms with Crippen LogP contribution in [0, 0.1) is 0 Å². The van der Waals surface area contributed by atoms with E-state index < -0.39 is 11.9 Å². The van der Waals surface area contributed by atoms with Gasteiger partial charge in [0.1, 0.15) is 45.1 Å². The van der Waals surface area contributed by atoms with Crippen LogP contribution in [-0.4, -0.2) is 27.0 Å². The fraction of sp³-hybridized carbons (Fsp3) is 0.136. The van der Waals surface area contributed by atoms with E-state index in [1.54, 1.807) is 36.5 Å². The number of aromatic nitrogens is 4. The Morgan fingerprint density at radius 1 is 1.06 bits per heavy atom. The number of hydrogen-bond donors (Lipinski definition) is 1. The first-order valence-corrected chi connectivity index (χ1v) is 10.6. The van der Waals surface area contributed by atoms with Crippen molar-refractivity contribution in [1.82, 2.24) is 19.9 Å². The molecule has 3 heterocycles. The molecule has 0 amide bonds. The fourth-order valence-electron chi connectivity index (χ4n) is 2.98. The van der Waals surface area contributed by atoms with Crippen molar-refractivity contribution in [1.29, 1.82) is 0 Å². The molecule has 0 aliphatic rings. The van der Waals surface area contributed by atoms with Crippen LogP contribution in [0.3, 0.4) is 0 Å². The van der Waals surface area contributed by atoms with Crippen molar-refractivity contribution in [2.75, 3.05) is 7.11 Å². The van der Waals surface area contributed by atoms with E-state index in [2.05, 4.69) is 35.9 Å². The maximum Gasteiger partial charge on any atom is 0.433 e. The van der Waals surface area contributed by atoms with Gasteiger partial charge >= 0.3 is 6.18 Å². The number of methoxy groups -OCH3 is 1. The zero-order valence-corrected chi connectivity index (χ0v) is 19.3. The summed E-state index contributed by atoms with van der Waals surface area (Å²) in [4.78, 5) is 15.3. The Balaban J connectivity index is 1.53. The third-order valence-electron chi connectivity index (χ3n) is 4.61. The number of imidazole rings is 1. The quantitative estimate of drug-likeness (QED) is 0.281. The van der Waals surface area contributed by atoms with Gasteiger partial charge in [-0.25, -0.2) is 9.97 Å². The van der Waals surface area contributed by atoms with E-state index in [0.717, 1.165) is 17.8 Å². The second-order valence-electron chi connectivity index (χ2n) is 6.82. The van der Waals surface area contributed by atoms with E-state index in [1.165, 1.54) is 13.2 Å². The summed E-state index contributed by atoms with van der Waals surface area (Å²) < 4.78 is 49.8. The molecule has 0 atom stereocenters. The summed E-state index contributed by atoms with van der Waals surface area (Å²) in [6.45, 7) is 0.0491. The first-order chi connectivity index (χ1) is 15.7. The molecule has 3 aromatic heterocycles. The van der Waals surface area contributed by atoms with E-state index in [0.29, 0.717) is 43.9 Å². The van der Waals surface area contributed by atoms with Gasteiger partial charge in [0.05, 0.1) is 7.11 Å². The topological polar surface area (TPSA) is 72.9 Å². The van der Waals surface area contributed by atoms with E-state index >= 15 is 0 Å². The number of benzene rings is 1. The summed E-state index contributed by atoms with van der Waals surface area (Å²) in [7, 11) is 1.52. The number of nitrogens with zero attached hydrogens (tertiary/aromatic N) is 3. The number of hydrogen-bond acceptors (Lipinski definition) is 5. The zero-order chi connectivity index (χ0) is 23.6. The Bertz CT molecular complexity index is 1260. The lowest BCUT2D eigenvalue weighted by molar-refractivity contribution is -0.141. The highest BCUT2D eigenvalue weighted by Gasteiger charge is 2.32. The van der Waals surface area contributed by atoms with Crippen LogP contribution in [0.5, 0.6) is 11.5 Å². The largest absolute Gasteiger partial charge is 0.496 e. The smallest absolute Gasteiger partial charge is 0.433 e. The van der Waals surface area contributed by atoms with Crippen LogP contribution in [0.4, 0.5) is 13.2 Å². The molecule has 170 valence electrons. The van der Waals surface area contributed by atoms with Crippen molar-refractivity contribution in [3.63, 3.8) is 0 Å². The molecule has 6 nitrogen and oxygen atoms in total. The lowest BCUT2D eigenvalue weighted by atomic mass is 10.1. The summed E-state index contributed by atoms with van der Waals surface area (Å²) in [6.07, 6.45) is -1.73. The first kappa shape index (κ1) is 23.1. The summed E-state index contributed by atoms with van der Waals surface area (Å²) in [5.74, 6) is 1.58. The molecule has 1 N–H and O–H groups in total. The molecule has 0 bridgehead atoms. The Morgan fingerprint density at radius 2 is 1.88 bits per heavy atom. The van der Waals surface area contributed by atoms with Gasteiger partial charge in [-0.15, -0.1) is 0 Å². The van der Waals surface area contributed by atoms with Crippen LogP contribution < -0.4 is 9.47 Å². The summed E-state index contributed by atoms with van der Waals surface area (Å²) in [6, 6.07) is 10.9. The summed E-state index contributed by atoms with van der Waals surface area (Å²) >= 11 is 9.34.